The Labute approximate surface area is 138 Å². The van der Waals surface area contributed by atoms with Crippen molar-refractivity contribution in [3.63, 3.8) is 0 Å². The highest BCUT2D eigenvalue weighted by molar-refractivity contribution is 5.85. The number of hydrogen-bond acceptors (Lipinski definition) is 1. The molecule has 0 bridgehead atoms. The van der Waals surface area contributed by atoms with Crippen LogP contribution in [0.25, 0.3) is 10.8 Å². The minimum atomic E-state index is 0.635. The Balaban J connectivity index is 1.69. The van der Waals surface area contributed by atoms with E-state index in [9.17, 15) is 0 Å². The number of benzene rings is 3. The van der Waals surface area contributed by atoms with Gasteiger partial charge in [-0.15, -0.1) is 0 Å². The molecule has 1 N–H and O–H groups in total. The molecule has 3 aromatic rings. The monoisotopic (exact) mass is 301 g/mol. The number of rotatable bonds is 4. The number of hydrogen-bond donors (Lipinski definition) is 1. The fourth-order valence-electron chi connectivity index (χ4n) is 4.22. The molecule has 3 aromatic carbocycles. The minimum absolute atomic E-state index is 0.635. The van der Waals surface area contributed by atoms with Gasteiger partial charge in [-0.2, -0.15) is 0 Å². The van der Waals surface area contributed by atoms with E-state index in [2.05, 4.69) is 79.1 Å². The van der Waals surface area contributed by atoms with Crippen molar-refractivity contribution in [3.8, 4) is 0 Å². The first-order chi connectivity index (χ1) is 11.4. The Hall–Kier alpha value is -2.12. The number of fused-ring (bicyclic) bond motifs is 2. The Morgan fingerprint density at radius 1 is 0.826 bits per heavy atom. The predicted molar refractivity (Wildman–Crippen MR) is 98.1 cm³/mol. The normalized spacial score (nSPS) is 19.9. The number of likely N-dealkylation sites (N-methyl/N-ethyl adjacent to an activating group) is 1. The molecule has 4 rings (SSSR count). The van der Waals surface area contributed by atoms with Crippen molar-refractivity contribution in [2.45, 2.75) is 24.7 Å². The van der Waals surface area contributed by atoms with Gasteiger partial charge in [0.25, 0.3) is 0 Å². The summed E-state index contributed by atoms with van der Waals surface area (Å²) >= 11 is 0. The van der Waals surface area contributed by atoms with Gasteiger partial charge < -0.3 is 5.32 Å². The van der Waals surface area contributed by atoms with Gasteiger partial charge in [-0.05, 0) is 59.2 Å². The molecule has 0 spiro atoms. The van der Waals surface area contributed by atoms with Crippen LogP contribution < -0.4 is 5.32 Å². The van der Waals surface area contributed by atoms with Crippen LogP contribution in [0.1, 0.15) is 34.9 Å². The third kappa shape index (κ3) is 2.66. The highest BCUT2D eigenvalue weighted by Gasteiger charge is 2.30. The minimum Gasteiger partial charge on any atom is -0.319 e. The van der Waals surface area contributed by atoms with Gasteiger partial charge in [-0.1, -0.05) is 66.7 Å². The summed E-state index contributed by atoms with van der Waals surface area (Å²) in [6.45, 7) is 1.07. The lowest BCUT2D eigenvalue weighted by Crippen LogP contribution is -2.15. The zero-order chi connectivity index (χ0) is 15.6. The lowest BCUT2D eigenvalue weighted by atomic mass is 9.90. The molecule has 1 aliphatic rings. The Morgan fingerprint density at radius 3 is 2.35 bits per heavy atom. The maximum Gasteiger partial charge on any atom is 0.00174 e. The van der Waals surface area contributed by atoms with E-state index in [0.29, 0.717) is 11.8 Å². The fourth-order valence-corrected chi connectivity index (χ4v) is 4.22. The Kier molecular flexibility index (Phi) is 3.88. The van der Waals surface area contributed by atoms with Crippen LogP contribution in [0.2, 0.25) is 0 Å². The van der Waals surface area contributed by atoms with Crippen LogP contribution in [0, 0.1) is 0 Å². The van der Waals surface area contributed by atoms with E-state index in [4.69, 9.17) is 0 Å². The molecule has 116 valence electrons. The second-order valence-corrected chi connectivity index (χ2v) is 6.66. The molecule has 0 saturated heterocycles. The maximum absolute atomic E-state index is 3.36. The third-order valence-corrected chi connectivity index (χ3v) is 5.24. The van der Waals surface area contributed by atoms with Gasteiger partial charge in [-0.25, -0.2) is 0 Å². The molecule has 0 unspecified atom stereocenters. The second kappa shape index (κ2) is 6.17. The molecule has 0 saturated carbocycles. The molecule has 0 fully saturated rings. The first kappa shape index (κ1) is 14.5. The van der Waals surface area contributed by atoms with Crippen LogP contribution in [0.3, 0.4) is 0 Å². The first-order valence-electron chi connectivity index (χ1n) is 8.57. The van der Waals surface area contributed by atoms with E-state index in [1.54, 1.807) is 11.1 Å². The lowest BCUT2D eigenvalue weighted by Gasteiger charge is -2.14. The van der Waals surface area contributed by atoms with Gasteiger partial charge in [-0.3, -0.25) is 0 Å². The van der Waals surface area contributed by atoms with Crippen molar-refractivity contribution < 1.29 is 0 Å². The zero-order valence-corrected chi connectivity index (χ0v) is 13.6. The second-order valence-electron chi connectivity index (χ2n) is 6.66. The van der Waals surface area contributed by atoms with Crippen LogP contribution in [-0.4, -0.2) is 13.6 Å². The van der Waals surface area contributed by atoms with E-state index in [1.807, 2.05) is 0 Å². The SMILES string of the molecule is CNC[C@@H]1C[C@@H](Cc2cccc3ccccc23)c2ccccc21. The summed E-state index contributed by atoms with van der Waals surface area (Å²) in [7, 11) is 2.06. The summed E-state index contributed by atoms with van der Waals surface area (Å²) in [6, 6.07) is 24.5. The summed E-state index contributed by atoms with van der Waals surface area (Å²) in [5.41, 5.74) is 4.58. The van der Waals surface area contributed by atoms with Crippen molar-refractivity contribution in [2.24, 2.45) is 0 Å². The first-order valence-corrected chi connectivity index (χ1v) is 8.57. The van der Waals surface area contributed by atoms with E-state index in [1.165, 1.54) is 22.8 Å². The fraction of sp³-hybridized carbons (Fsp3) is 0.273. The van der Waals surface area contributed by atoms with Gasteiger partial charge >= 0.3 is 0 Å². The molecule has 0 heterocycles. The topological polar surface area (TPSA) is 12.0 Å². The predicted octanol–water partition coefficient (Wildman–Crippen LogP) is 4.87. The van der Waals surface area contributed by atoms with Gasteiger partial charge in [0.05, 0.1) is 0 Å². The van der Waals surface area contributed by atoms with Crippen LogP contribution >= 0.6 is 0 Å². The van der Waals surface area contributed by atoms with E-state index in [0.717, 1.165) is 13.0 Å². The van der Waals surface area contributed by atoms with E-state index in [-0.39, 0.29) is 0 Å². The van der Waals surface area contributed by atoms with Crippen LogP contribution in [0.4, 0.5) is 0 Å². The molecule has 0 radical (unpaired) electrons. The molecule has 0 aromatic heterocycles. The van der Waals surface area contributed by atoms with Crippen molar-refractivity contribution in [2.75, 3.05) is 13.6 Å². The molecule has 2 atom stereocenters. The lowest BCUT2D eigenvalue weighted by molar-refractivity contribution is 0.561. The van der Waals surface area contributed by atoms with Crippen LogP contribution in [0.15, 0.2) is 66.7 Å². The third-order valence-electron chi connectivity index (χ3n) is 5.24. The average Bonchev–Trinajstić information content (AvgIpc) is 2.94. The highest BCUT2D eigenvalue weighted by Crippen LogP contribution is 2.43. The standard InChI is InChI=1S/C22H23N/c1-23-15-19-14-18(21-11-4-5-12-22(19)21)13-17-9-6-8-16-7-2-3-10-20(16)17/h2-12,18-19,23H,13-15H2,1H3/t18-,19+/m1/s1. The average molecular weight is 301 g/mol. The smallest absolute Gasteiger partial charge is 0.00174 e. The number of nitrogens with one attached hydrogen (secondary N) is 1. The summed E-state index contributed by atoms with van der Waals surface area (Å²) < 4.78 is 0. The summed E-state index contributed by atoms with van der Waals surface area (Å²) in [6.07, 6.45) is 2.39. The maximum atomic E-state index is 3.36. The van der Waals surface area contributed by atoms with Gasteiger partial charge in [0.1, 0.15) is 0 Å². The Bertz CT molecular complexity index is 816. The van der Waals surface area contributed by atoms with E-state index < -0.39 is 0 Å². The molecule has 0 amide bonds. The highest BCUT2D eigenvalue weighted by atomic mass is 14.8. The summed E-state index contributed by atoms with van der Waals surface area (Å²) in [4.78, 5) is 0. The van der Waals surface area contributed by atoms with Crippen molar-refractivity contribution >= 4 is 10.8 Å². The van der Waals surface area contributed by atoms with Crippen LogP contribution in [0.5, 0.6) is 0 Å². The quantitative estimate of drug-likeness (QED) is 0.724. The molecular weight excluding hydrogens is 278 g/mol. The molecule has 1 heteroatoms. The Morgan fingerprint density at radius 2 is 1.52 bits per heavy atom. The molecule has 23 heavy (non-hydrogen) atoms. The summed E-state index contributed by atoms with van der Waals surface area (Å²) in [5.74, 6) is 1.28. The van der Waals surface area contributed by atoms with E-state index >= 15 is 0 Å². The summed E-state index contributed by atoms with van der Waals surface area (Å²) in [5, 5.41) is 6.12. The van der Waals surface area contributed by atoms with Gasteiger partial charge in [0.15, 0.2) is 0 Å². The largest absolute Gasteiger partial charge is 0.319 e. The van der Waals surface area contributed by atoms with Gasteiger partial charge in [0.2, 0.25) is 0 Å². The van der Waals surface area contributed by atoms with Crippen molar-refractivity contribution in [1.29, 1.82) is 0 Å². The van der Waals surface area contributed by atoms with Crippen molar-refractivity contribution in [1.82, 2.24) is 5.32 Å². The molecule has 0 aliphatic heterocycles. The van der Waals surface area contributed by atoms with Gasteiger partial charge in [0, 0.05) is 6.54 Å². The van der Waals surface area contributed by atoms with Crippen molar-refractivity contribution in [3.05, 3.63) is 83.4 Å². The van der Waals surface area contributed by atoms with Crippen LogP contribution in [-0.2, 0) is 6.42 Å². The zero-order valence-electron chi connectivity index (χ0n) is 13.6. The molecule has 1 aliphatic carbocycles. The molecule has 1 nitrogen and oxygen atoms in total. The molecular formula is C22H23N.